The van der Waals surface area contributed by atoms with E-state index in [0.29, 0.717) is 17.0 Å². The van der Waals surface area contributed by atoms with Gasteiger partial charge < -0.3 is 20.9 Å². The number of nitrogens with one attached hydrogen (secondary N) is 2. The van der Waals surface area contributed by atoms with Crippen molar-refractivity contribution in [2.45, 2.75) is 25.4 Å². The molecule has 0 aliphatic carbocycles. The first-order valence-corrected chi connectivity index (χ1v) is 6.65. The number of imidazole rings is 1. The molecule has 3 heterocycles. The number of carbonyl (C=O) groups is 1. The highest BCUT2D eigenvalue weighted by Gasteiger charge is 2.16. The summed E-state index contributed by atoms with van der Waals surface area (Å²) in [5, 5.41) is 6.28. The molecule has 2 aromatic heterocycles. The summed E-state index contributed by atoms with van der Waals surface area (Å²) in [4.78, 5) is 24.2. The maximum absolute atomic E-state index is 12.0. The highest BCUT2D eigenvalue weighted by Crippen LogP contribution is 2.13. The minimum Gasteiger partial charge on any atom is -0.382 e. The lowest BCUT2D eigenvalue weighted by molar-refractivity contribution is -0.122. The summed E-state index contributed by atoms with van der Waals surface area (Å²) in [5.74, 6) is 0.279. The molecule has 8 heteroatoms. The number of fused-ring (bicyclic) bond motifs is 1. The van der Waals surface area contributed by atoms with Gasteiger partial charge in [-0.1, -0.05) is 0 Å². The van der Waals surface area contributed by atoms with Crippen molar-refractivity contribution in [2.24, 2.45) is 0 Å². The Labute approximate surface area is 115 Å². The van der Waals surface area contributed by atoms with Gasteiger partial charge in [0.2, 0.25) is 5.91 Å². The predicted molar refractivity (Wildman–Crippen MR) is 73.8 cm³/mol. The van der Waals surface area contributed by atoms with E-state index < -0.39 is 0 Å². The summed E-state index contributed by atoms with van der Waals surface area (Å²) < 4.78 is 1.68. The standard InChI is InChI=1S/C12H17N7O/c13-11-10-12(16-6-15-11)19(7-17-10)5-9(20)18-8-2-1-3-14-4-8/h6-8,14H,1-5H2,(H,18,20)(H2,13,15,16)/t8-/m0/s1. The maximum Gasteiger partial charge on any atom is 0.240 e. The normalized spacial score (nSPS) is 19.1. The van der Waals surface area contributed by atoms with Crippen LogP contribution in [0.5, 0.6) is 0 Å². The Morgan fingerprint density at radius 2 is 2.40 bits per heavy atom. The number of aromatic nitrogens is 4. The van der Waals surface area contributed by atoms with Crippen LogP contribution in [-0.4, -0.2) is 44.6 Å². The van der Waals surface area contributed by atoms with Gasteiger partial charge in [0, 0.05) is 12.6 Å². The van der Waals surface area contributed by atoms with E-state index in [1.807, 2.05) is 0 Å². The van der Waals surface area contributed by atoms with Gasteiger partial charge in [-0.05, 0) is 19.4 Å². The Hall–Kier alpha value is -2.22. The lowest BCUT2D eigenvalue weighted by atomic mass is 10.1. The van der Waals surface area contributed by atoms with Crippen molar-refractivity contribution in [2.75, 3.05) is 18.8 Å². The molecule has 0 saturated carbocycles. The van der Waals surface area contributed by atoms with Crippen LogP contribution < -0.4 is 16.4 Å². The predicted octanol–water partition coefficient (Wildman–Crippen LogP) is -0.723. The molecule has 3 rings (SSSR count). The van der Waals surface area contributed by atoms with Crippen LogP contribution >= 0.6 is 0 Å². The molecule has 0 radical (unpaired) electrons. The number of piperidine rings is 1. The van der Waals surface area contributed by atoms with Crippen molar-refractivity contribution in [3.8, 4) is 0 Å². The average Bonchev–Trinajstić information content (AvgIpc) is 2.84. The van der Waals surface area contributed by atoms with Crippen molar-refractivity contribution < 1.29 is 4.79 Å². The summed E-state index contributed by atoms with van der Waals surface area (Å²) >= 11 is 0. The zero-order chi connectivity index (χ0) is 13.9. The maximum atomic E-state index is 12.0. The van der Waals surface area contributed by atoms with Gasteiger partial charge in [0.25, 0.3) is 0 Å². The second-order valence-corrected chi connectivity index (χ2v) is 4.91. The summed E-state index contributed by atoms with van der Waals surface area (Å²) in [5.41, 5.74) is 6.82. The molecule has 106 valence electrons. The smallest absolute Gasteiger partial charge is 0.240 e. The van der Waals surface area contributed by atoms with E-state index in [1.54, 1.807) is 10.9 Å². The number of hydrogen-bond donors (Lipinski definition) is 3. The molecule has 4 N–H and O–H groups in total. The minimum absolute atomic E-state index is 0.0461. The van der Waals surface area contributed by atoms with Crippen molar-refractivity contribution in [1.82, 2.24) is 30.2 Å². The number of nitrogens with two attached hydrogens (primary N) is 1. The first-order chi connectivity index (χ1) is 9.74. The zero-order valence-corrected chi connectivity index (χ0v) is 11.0. The number of rotatable bonds is 3. The van der Waals surface area contributed by atoms with Gasteiger partial charge in [0.05, 0.1) is 6.33 Å². The zero-order valence-electron chi connectivity index (χ0n) is 11.0. The highest BCUT2D eigenvalue weighted by atomic mass is 16.2. The van der Waals surface area contributed by atoms with Crippen LogP contribution in [-0.2, 0) is 11.3 Å². The summed E-state index contributed by atoms with van der Waals surface area (Å²) in [7, 11) is 0. The van der Waals surface area contributed by atoms with Gasteiger partial charge in [0.1, 0.15) is 18.4 Å². The van der Waals surface area contributed by atoms with Crippen molar-refractivity contribution in [3.05, 3.63) is 12.7 Å². The quantitative estimate of drug-likeness (QED) is 0.681. The van der Waals surface area contributed by atoms with Gasteiger partial charge >= 0.3 is 0 Å². The van der Waals surface area contributed by atoms with Crippen molar-refractivity contribution in [1.29, 1.82) is 0 Å². The van der Waals surface area contributed by atoms with E-state index in [2.05, 4.69) is 25.6 Å². The van der Waals surface area contributed by atoms with Crippen molar-refractivity contribution in [3.63, 3.8) is 0 Å². The van der Waals surface area contributed by atoms with Gasteiger partial charge in [0.15, 0.2) is 11.5 Å². The molecule has 0 spiro atoms. The molecule has 1 amide bonds. The molecular weight excluding hydrogens is 258 g/mol. The fraction of sp³-hybridized carbons (Fsp3) is 0.500. The third kappa shape index (κ3) is 2.55. The molecular formula is C12H17N7O. The molecule has 20 heavy (non-hydrogen) atoms. The molecule has 1 saturated heterocycles. The Kier molecular flexibility index (Phi) is 3.46. The summed E-state index contributed by atoms with van der Waals surface area (Å²) in [6, 6.07) is 0.200. The van der Waals surface area contributed by atoms with Crippen LogP contribution in [0.4, 0.5) is 5.82 Å². The Morgan fingerprint density at radius 1 is 1.50 bits per heavy atom. The Balaban J connectivity index is 1.69. The number of carbonyl (C=O) groups excluding carboxylic acids is 1. The highest BCUT2D eigenvalue weighted by molar-refractivity contribution is 5.83. The van der Waals surface area contributed by atoms with Gasteiger partial charge in [-0.2, -0.15) is 0 Å². The molecule has 0 bridgehead atoms. The molecule has 0 unspecified atom stereocenters. The largest absolute Gasteiger partial charge is 0.382 e. The molecule has 2 aromatic rings. The number of nitrogen functional groups attached to an aromatic ring is 1. The number of hydrogen-bond acceptors (Lipinski definition) is 6. The van der Waals surface area contributed by atoms with E-state index in [1.165, 1.54) is 6.33 Å². The first-order valence-electron chi connectivity index (χ1n) is 6.65. The van der Waals surface area contributed by atoms with Crippen molar-refractivity contribution >= 4 is 22.9 Å². The monoisotopic (exact) mass is 275 g/mol. The van der Waals surface area contributed by atoms with Crippen LogP contribution in [0.3, 0.4) is 0 Å². The molecule has 1 aliphatic rings. The first kappa shape index (κ1) is 12.8. The van der Waals surface area contributed by atoms with Crippen LogP contribution in [0, 0.1) is 0 Å². The molecule has 1 aliphatic heterocycles. The molecule has 8 nitrogen and oxygen atoms in total. The van der Waals surface area contributed by atoms with E-state index in [4.69, 9.17) is 5.73 Å². The van der Waals surface area contributed by atoms with Crippen LogP contribution in [0.25, 0.3) is 11.2 Å². The summed E-state index contributed by atoms with van der Waals surface area (Å²) in [6.07, 6.45) is 5.04. The minimum atomic E-state index is -0.0461. The fourth-order valence-corrected chi connectivity index (χ4v) is 2.42. The van der Waals surface area contributed by atoms with Gasteiger partial charge in [-0.25, -0.2) is 15.0 Å². The number of nitrogens with zero attached hydrogens (tertiary/aromatic N) is 4. The third-order valence-electron chi connectivity index (χ3n) is 3.41. The summed E-state index contributed by atoms with van der Waals surface area (Å²) in [6.45, 7) is 2.03. The van der Waals surface area contributed by atoms with Crippen LogP contribution in [0.2, 0.25) is 0 Å². The average molecular weight is 275 g/mol. The molecule has 0 aromatic carbocycles. The second-order valence-electron chi connectivity index (χ2n) is 4.91. The van der Waals surface area contributed by atoms with E-state index in [0.717, 1.165) is 25.9 Å². The third-order valence-corrected chi connectivity index (χ3v) is 3.41. The van der Waals surface area contributed by atoms with Crippen LogP contribution in [0.15, 0.2) is 12.7 Å². The fourth-order valence-electron chi connectivity index (χ4n) is 2.42. The number of anilines is 1. The van der Waals surface area contributed by atoms with Gasteiger partial charge in [-0.3, -0.25) is 4.79 Å². The second kappa shape index (κ2) is 5.41. The Bertz CT molecular complexity index is 617. The van der Waals surface area contributed by atoms with E-state index >= 15 is 0 Å². The molecule has 1 fully saturated rings. The van der Waals surface area contributed by atoms with Gasteiger partial charge in [-0.15, -0.1) is 0 Å². The lowest BCUT2D eigenvalue weighted by Crippen LogP contribution is -2.46. The SMILES string of the molecule is Nc1ncnc2c1ncn2CC(=O)N[C@H]1CCCNC1. The van der Waals surface area contributed by atoms with Crippen LogP contribution in [0.1, 0.15) is 12.8 Å². The number of amides is 1. The molecule has 1 atom stereocenters. The van der Waals surface area contributed by atoms with E-state index in [-0.39, 0.29) is 18.5 Å². The Morgan fingerprint density at radius 3 is 3.20 bits per heavy atom. The topological polar surface area (TPSA) is 111 Å². The lowest BCUT2D eigenvalue weighted by Gasteiger charge is -2.23. The van der Waals surface area contributed by atoms with E-state index in [9.17, 15) is 4.79 Å².